The lowest BCUT2D eigenvalue weighted by Crippen LogP contribution is -2.32. The number of sulfonamides is 1. The summed E-state index contributed by atoms with van der Waals surface area (Å²) in [6.45, 7) is 3.92. The van der Waals surface area contributed by atoms with E-state index in [1.807, 2.05) is 31.3 Å². The van der Waals surface area contributed by atoms with E-state index < -0.39 is 34.3 Å². The first-order valence-corrected chi connectivity index (χ1v) is 15.3. The van der Waals surface area contributed by atoms with E-state index >= 15 is 0 Å². The number of nitrogens with one attached hydrogen (secondary N) is 2. The largest absolute Gasteiger partial charge is 0.573 e. The number of halogens is 6. The Kier molecular flexibility index (Phi) is 11.8. The van der Waals surface area contributed by atoms with E-state index in [2.05, 4.69) is 31.6 Å². The SMILES string of the molecule is CCN(C)c1nc(NCC2CCC(CNS(=O)(=O)c3ccc(OC(F)(F)F)cc3)CC2)nc2ccccc12.O=C(O)C(F)(F)F. The summed E-state index contributed by atoms with van der Waals surface area (Å²) in [6.07, 6.45) is -6.29. The summed E-state index contributed by atoms with van der Waals surface area (Å²) in [6, 6.07) is 12.1. The van der Waals surface area contributed by atoms with Gasteiger partial charge in [-0.2, -0.15) is 18.2 Å². The zero-order valence-corrected chi connectivity index (χ0v) is 25.1. The average molecular weight is 666 g/mol. The van der Waals surface area contributed by atoms with Gasteiger partial charge in [-0.15, -0.1) is 13.2 Å². The average Bonchev–Trinajstić information content (AvgIpc) is 2.98. The van der Waals surface area contributed by atoms with E-state index in [9.17, 15) is 34.8 Å². The molecule has 1 fully saturated rings. The molecule has 0 bridgehead atoms. The number of aliphatic carboxylic acids is 1. The molecule has 0 amide bonds. The Balaban J connectivity index is 0.000000707. The first kappa shape index (κ1) is 35.6. The Morgan fingerprint density at radius 1 is 0.956 bits per heavy atom. The molecule has 248 valence electrons. The molecule has 1 aromatic heterocycles. The highest BCUT2D eigenvalue weighted by Gasteiger charge is 2.38. The molecule has 10 nitrogen and oxygen atoms in total. The number of nitrogens with zero attached hydrogens (tertiary/aromatic N) is 3. The summed E-state index contributed by atoms with van der Waals surface area (Å²) >= 11 is 0. The molecule has 45 heavy (non-hydrogen) atoms. The molecule has 1 saturated carbocycles. The molecule has 0 unspecified atom stereocenters. The standard InChI is InChI=1S/C26H32F3N5O3S.C2HF3O2/c1-3-34(2)24-22-6-4-5-7-23(22)32-25(33-24)30-16-18-8-10-19(11-9-18)17-31-38(35,36)21-14-12-20(13-15-21)37-26(27,28)29;3-2(4,5)1(6)7/h4-7,12-15,18-19,31H,3,8-11,16-17H2,1-2H3,(H,30,32,33);(H,6,7). The maximum Gasteiger partial charge on any atom is 0.573 e. The maximum atomic E-state index is 12.6. The fourth-order valence-corrected chi connectivity index (χ4v) is 5.70. The van der Waals surface area contributed by atoms with Crippen LogP contribution in [0, 0.1) is 11.8 Å². The number of carbonyl (C=O) groups is 1. The van der Waals surface area contributed by atoms with Crippen LogP contribution in [0.5, 0.6) is 5.75 Å². The van der Waals surface area contributed by atoms with Crippen LogP contribution in [-0.2, 0) is 14.8 Å². The summed E-state index contributed by atoms with van der Waals surface area (Å²) < 4.78 is 100. The second-order valence-corrected chi connectivity index (χ2v) is 12.1. The summed E-state index contributed by atoms with van der Waals surface area (Å²) in [7, 11) is -1.83. The lowest BCUT2D eigenvalue weighted by atomic mass is 9.82. The number of fused-ring (bicyclic) bond motifs is 1. The van der Waals surface area contributed by atoms with Crippen molar-refractivity contribution < 1.29 is 49.4 Å². The van der Waals surface area contributed by atoms with Crippen molar-refractivity contribution in [3.05, 3.63) is 48.5 Å². The Morgan fingerprint density at radius 2 is 1.51 bits per heavy atom. The molecule has 3 aromatic rings. The normalized spacial score (nSPS) is 17.2. The van der Waals surface area contributed by atoms with Crippen LogP contribution in [0.15, 0.2) is 53.4 Å². The van der Waals surface area contributed by atoms with Crippen LogP contribution in [0.3, 0.4) is 0 Å². The molecule has 1 aliphatic rings. The summed E-state index contributed by atoms with van der Waals surface area (Å²) in [4.78, 5) is 20.3. The van der Waals surface area contributed by atoms with Gasteiger partial charge in [0.2, 0.25) is 16.0 Å². The van der Waals surface area contributed by atoms with Gasteiger partial charge >= 0.3 is 18.5 Å². The van der Waals surface area contributed by atoms with Crippen molar-refractivity contribution in [2.75, 3.05) is 36.9 Å². The number of carboxylic acids is 1. The van der Waals surface area contributed by atoms with Crippen molar-refractivity contribution in [2.24, 2.45) is 11.8 Å². The molecule has 0 radical (unpaired) electrons. The number of hydrogen-bond acceptors (Lipinski definition) is 8. The van der Waals surface area contributed by atoms with Gasteiger partial charge in [-0.1, -0.05) is 12.1 Å². The topological polar surface area (TPSA) is 134 Å². The van der Waals surface area contributed by atoms with Gasteiger partial charge in [-0.25, -0.2) is 22.9 Å². The minimum absolute atomic E-state index is 0.103. The highest BCUT2D eigenvalue weighted by Crippen LogP contribution is 2.30. The molecule has 3 N–H and O–H groups in total. The molecule has 0 spiro atoms. The van der Waals surface area contributed by atoms with Crippen LogP contribution in [0.25, 0.3) is 10.9 Å². The van der Waals surface area contributed by atoms with Crippen molar-refractivity contribution in [3.8, 4) is 5.75 Å². The van der Waals surface area contributed by atoms with Gasteiger partial charge in [0.05, 0.1) is 10.4 Å². The number of aromatic nitrogens is 2. The fraction of sp³-hybridized carbons (Fsp3) is 0.464. The van der Waals surface area contributed by atoms with Crippen LogP contribution in [-0.4, -0.2) is 68.7 Å². The predicted molar refractivity (Wildman–Crippen MR) is 154 cm³/mol. The lowest BCUT2D eigenvalue weighted by Gasteiger charge is -2.29. The third kappa shape index (κ3) is 10.9. The minimum atomic E-state index is -5.08. The van der Waals surface area contributed by atoms with Crippen LogP contribution >= 0.6 is 0 Å². The van der Waals surface area contributed by atoms with E-state index in [1.54, 1.807) is 0 Å². The van der Waals surface area contributed by atoms with Gasteiger partial charge in [0.25, 0.3) is 0 Å². The molecular weight excluding hydrogens is 632 g/mol. The number of carboxylic acid groups (broad SMARTS) is 1. The van der Waals surface area contributed by atoms with Gasteiger partial charge in [0.15, 0.2) is 0 Å². The Hall–Kier alpha value is -3.86. The second-order valence-electron chi connectivity index (χ2n) is 10.3. The number of para-hydroxylation sites is 1. The third-order valence-electron chi connectivity index (χ3n) is 7.11. The number of anilines is 2. The first-order valence-electron chi connectivity index (χ1n) is 13.9. The van der Waals surface area contributed by atoms with Gasteiger partial charge in [-0.05, 0) is 80.8 Å². The van der Waals surface area contributed by atoms with Gasteiger partial charge in [0.1, 0.15) is 11.6 Å². The van der Waals surface area contributed by atoms with Crippen LogP contribution in [0.2, 0.25) is 0 Å². The minimum Gasteiger partial charge on any atom is -0.475 e. The van der Waals surface area contributed by atoms with E-state index in [0.29, 0.717) is 11.9 Å². The van der Waals surface area contributed by atoms with Gasteiger partial charge in [-0.3, -0.25) is 0 Å². The van der Waals surface area contributed by atoms with Crippen molar-refractivity contribution in [2.45, 2.75) is 50.0 Å². The van der Waals surface area contributed by atoms with Crippen molar-refractivity contribution in [3.63, 3.8) is 0 Å². The van der Waals surface area contributed by atoms with E-state index in [4.69, 9.17) is 14.9 Å². The zero-order chi connectivity index (χ0) is 33.4. The highest BCUT2D eigenvalue weighted by molar-refractivity contribution is 7.89. The molecule has 1 aliphatic carbocycles. The molecule has 2 aromatic carbocycles. The molecule has 0 atom stereocenters. The number of rotatable bonds is 10. The van der Waals surface area contributed by atoms with E-state index in [-0.39, 0.29) is 17.4 Å². The molecule has 1 heterocycles. The highest BCUT2D eigenvalue weighted by atomic mass is 32.2. The predicted octanol–water partition coefficient (Wildman–Crippen LogP) is 5.81. The summed E-state index contributed by atoms with van der Waals surface area (Å²) in [5, 5.41) is 11.5. The first-order chi connectivity index (χ1) is 21.0. The molecule has 4 rings (SSSR count). The van der Waals surface area contributed by atoms with Crippen molar-refractivity contribution >= 4 is 38.7 Å². The van der Waals surface area contributed by atoms with E-state index in [1.165, 1.54) is 0 Å². The Labute approximate surface area is 255 Å². The molecule has 0 aliphatic heterocycles. The van der Waals surface area contributed by atoms with Gasteiger partial charge in [0, 0.05) is 32.1 Å². The van der Waals surface area contributed by atoms with Crippen molar-refractivity contribution in [1.29, 1.82) is 0 Å². The number of ether oxygens (including phenoxy) is 1. The van der Waals surface area contributed by atoms with Crippen LogP contribution in [0.4, 0.5) is 38.1 Å². The monoisotopic (exact) mass is 665 g/mol. The number of alkyl halides is 6. The Morgan fingerprint density at radius 3 is 2.04 bits per heavy atom. The van der Waals surface area contributed by atoms with Gasteiger partial charge < -0.3 is 20.1 Å². The Bertz CT molecular complexity index is 1530. The molecule has 0 saturated heterocycles. The van der Waals surface area contributed by atoms with Crippen molar-refractivity contribution in [1.82, 2.24) is 14.7 Å². The third-order valence-corrected chi connectivity index (χ3v) is 8.55. The number of hydrogen-bond donors (Lipinski definition) is 3. The quantitative estimate of drug-likeness (QED) is 0.229. The lowest BCUT2D eigenvalue weighted by molar-refractivity contribution is -0.274. The zero-order valence-electron chi connectivity index (χ0n) is 24.3. The molecule has 17 heteroatoms. The fourth-order valence-electron chi connectivity index (χ4n) is 4.59. The second kappa shape index (κ2) is 14.9. The summed E-state index contributed by atoms with van der Waals surface area (Å²) in [5.41, 5.74) is 0.888. The number of benzene rings is 2. The smallest absolute Gasteiger partial charge is 0.475 e. The molecular formula is C28H33F6N5O5S. The maximum absolute atomic E-state index is 12.6. The van der Waals surface area contributed by atoms with E-state index in [0.717, 1.165) is 79.8 Å². The van der Waals surface area contributed by atoms with Crippen LogP contribution < -0.4 is 19.7 Å². The summed E-state index contributed by atoms with van der Waals surface area (Å²) in [5.74, 6) is -1.12. The van der Waals surface area contributed by atoms with Crippen LogP contribution in [0.1, 0.15) is 32.6 Å².